The zero-order chi connectivity index (χ0) is 18.0. The second kappa shape index (κ2) is 7.22. The van der Waals surface area contributed by atoms with Crippen molar-refractivity contribution in [3.05, 3.63) is 64.2 Å². The Labute approximate surface area is 149 Å². The molecular formula is C22H25NO2. The van der Waals surface area contributed by atoms with Crippen LogP contribution in [0.4, 0.5) is 5.69 Å². The van der Waals surface area contributed by atoms with Gasteiger partial charge in [-0.3, -0.25) is 9.59 Å². The van der Waals surface area contributed by atoms with E-state index >= 15 is 0 Å². The molecule has 0 spiro atoms. The molecule has 2 aromatic carbocycles. The highest BCUT2D eigenvalue weighted by Gasteiger charge is 2.33. The Bertz CT molecular complexity index is 823. The highest BCUT2D eigenvalue weighted by Crippen LogP contribution is 2.34. The summed E-state index contributed by atoms with van der Waals surface area (Å²) in [7, 11) is 0. The third-order valence-electron chi connectivity index (χ3n) is 5.25. The molecule has 0 bridgehead atoms. The first-order valence-corrected chi connectivity index (χ1v) is 9.18. The largest absolute Gasteiger partial charge is 0.398 e. The van der Waals surface area contributed by atoms with Crippen LogP contribution >= 0.6 is 0 Å². The van der Waals surface area contributed by atoms with Gasteiger partial charge in [0.15, 0.2) is 11.6 Å². The van der Waals surface area contributed by atoms with Crippen LogP contribution < -0.4 is 5.73 Å². The van der Waals surface area contributed by atoms with E-state index < -0.39 is 0 Å². The molecule has 0 radical (unpaired) electrons. The van der Waals surface area contributed by atoms with Crippen LogP contribution in [-0.2, 0) is 6.42 Å². The van der Waals surface area contributed by atoms with E-state index in [0.29, 0.717) is 33.9 Å². The van der Waals surface area contributed by atoms with Gasteiger partial charge in [0.05, 0.1) is 5.56 Å². The summed E-state index contributed by atoms with van der Waals surface area (Å²) >= 11 is 0. The van der Waals surface area contributed by atoms with Gasteiger partial charge < -0.3 is 5.73 Å². The van der Waals surface area contributed by atoms with E-state index in [0.717, 1.165) is 24.8 Å². The summed E-state index contributed by atoms with van der Waals surface area (Å²) < 4.78 is 0. The number of carbonyl (C=O) groups excluding carboxylic acids is 2. The summed E-state index contributed by atoms with van der Waals surface area (Å²) in [5.74, 6) is 0.316. The Hall–Kier alpha value is -2.42. The molecule has 1 aliphatic rings. The third-order valence-corrected chi connectivity index (χ3v) is 5.25. The number of ketones is 2. The number of hydrogen-bond acceptors (Lipinski definition) is 3. The molecule has 2 aromatic rings. The second-order valence-electron chi connectivity index (χ2n) is 6.89. The molecule has 0 fully saturated rings. The number of benzene rings is 2. The van der Waals surface area contributed by atoms with Gasteiger partial charge in [0.25, 0.3) is 0 Å². The van der Waals surface area contributed by atoms with E-state index in [9.17, 15) is 9.59 Å². The molecule has 3 rings (SSSR count). The van der Waals surface area contributed by atoms with Crippen LogP contribution in [0.5, 0.6) is 0 Å². The van der Waals surface area contributed by atoms with Gasteiger partial charge in [-0.1, -0.05) is 69.9 Å². The van der Waals surface area contributed by atoms with Crippen molar-refractivity contribution < 1.29 is 9.59 Å². The molecule has 3 nitrogen and oxygen atoms in total. The fourth-order valence-electron chi connectivity index (χ4n) is 3.74. The number of anilines is 1. The number of hydrogen-bond donors (Lipinski definition) is 1. The Morgan fingerprint density at radius 1 is 0.920 bits per heavy atom. The first-order valence-electron chi connectivity index (χ1n) is 9.18. The SMILES string of the molecule is CCCCC(CC)Cc1ccc(N)c2c1C(=O)c1ccccc1C2=O. The molecule has 0 aliphatic heterocycles. The minimum atomic E-state index is -0.133. The van der Waals surface area contributed by atoms with E-state index in [-0.39, 0.29) is 11.6 Å². The topological polar surface area (TPSA) is 60.2 Å². The van der Waals surface area contributed by atoms with Crippen LogP contribution in [0, 0.1) is 5.92 Å². The van der Waals surface area contributed by atoms with Crippen LogP contribution in [-0.4, -0.2) is 11.6 Å². The van der Waals surface area contributed by atoms with Gasteiger partial charge in [-0.15, -0.1) is 0 Å². The molecule has 3 heteroatoms. The number of nitrogens with two attached hydrogens (primary N) is 1. The van der Waals surface area contributed by atoms with Crippen LogP contribution in [0.3, 0.4) is 0 Å². The maximum Gasteiger partial charge on any atom is 0.196 e. The molecule has 0 saturated carbocycles. The quantitative estimate of drug-likeness (QED) is 0.658. The normalized spacial score (nSPS) is 14.2. The Balaban J connectivity index is 2.07. The van der Waals surface area contributed by atoms with Crippen molar-refractivity contribution >= 4 is 17.3 Å². The van der Waals surface area contributed by atoms with Crippen molar-refractivity contribution in [2.45, 2.75) is 46.0 Å². The number of fused-ring (bicyclic) bond motifs is 2. The minimum Gasteiger partial charge on any atom is -0.398 e. The molecule has 1 atom stereocenters. The Kier molecular flexibility index (Phi) is 5.03. The van der Waals surface area contributed by atoms with Crippen LogP contribution in [0.15, 0.2) is 36.4 Å². The summed E-state index contributed by atoms with van der Waals surface area (Å²) in [4.78, 5) is 26.0. The Morgan fingerprint density at radius 2 is 1.56 bits per heavy atom. The smallest absolute Gasteiger partial charge is 0.196 e. The lowest BCUT2D eigenvalue weighted by Crippen LogP contribution is -2.24. The van der Waals surface area contributed by atoms with Crippen LogP contribution in [0.2, 0.25) is 0 Å². The lowest BCUT2D eigenvalue weighted by molar-refractivity contribution is 0.0978. The van der Waals surface area contributed by atoms with Crippen molar-refractivity contribution in [3.8, 4) is 0 Å². The lowest BCUT2D eigenvalue weighted by atomic mass is 9.78. The standard InChI is InChI=1S/C22H25NO2/c1-3-5-8-14(4-2)13-15-11-12-18(23)20-19(15)21(24)16-9-6-7-10-17(16)22(20)25/h6-7,9-12,14H,3-5,8,13,23H2,1-2H3. The first kappa shape index (κ1) is 17.4. The number of unbranched alkanes of at least 4 members (excludes halogenated alkanes) is 1. The van der Waals surface area contributed by atoms with Gasteiger partial charge in [-0.2, -0.15) is 0 Å². The lowest BCUT2D eigenvalue weighted by Gasteiger charge is -2.23. The van der Waals surface area contributed by atoms with E-state index in [1.54, 1.807) is 30.3 Å². The van der Waals surface area contributed by atoms with Crippen molar-refractivity contribution in [2.24, 2.45) is 5.92 Å². The van der Waals surface area contributed by atoms with Gasteiger partial charge in [0.2, 0.25) is 0 Å². The molecule has 1 aliphatic carbocycles. The summed E-state index contributed by atoms with van der Waals surface area (Å²) in [6.45, 7) is 4.38. The molecule has 2 N–H and O–H groups in total. The zero-order valence-corrected chi connectivity index (χ0v) is 15.0. The Morgan fingerprint density at radius 3 is 2.16 bits per heavy atom. The zero-order valence-electron chi connectivity index (χ0n) is 15.0. The van der Waals surface area contributed by atoms with Crippen LogP contribution in [0.1, 0.15) is 76.9 Å². The second-order valence-corrected chi connectivity index (χ2v) is 6.89. The minimum absolute atomic E-state index is 0.0714. The molecule has 0 saturated heterocycles. The maximum absolute atomic E-state index is 13.1. The van der Waals surface area contributed by atoms with Gasteiger partial charge in [-0.25, -0.2) is 0 Å². The van der Waals surface area contributed by atoms with Crippen LogP contribution in [0.25, 0.3) is 0 Å². The number of carbonyl (C=O) groups is 2. The molecule has 1 unspecified atom stereocenters. The van der Waals surface area contributed by atoms with E-state index in [1.807, 2.05) is 6.07 Å². The fourth-order valence-corrected chi connectivity index (χ4v) is 3.74. The van der Waals surface area contributed by atoms with Gasteiger partial charge >= 0.3 is 0 Å². The summed E-state index contributed by atoms with van der Waals surface area (Å²) in [5.41, 5.74) is 9.32. The average Bonchev–Trinajstić information content (AvgIpc) is 2.64. The molecule has 0 aromatic heterocycles. The highest BCUT2D eigenvalue weighted by atomic mass is 16.1. The molecule has 25 heavy (non-hydrogen) atoms. The van der Waals surface area contributed by atoms with E-state index in [2.05, 4.69) is 13.8 Å². The highest BCUT2D eigenvalue weighted by molar-refractivity contribution is 6.30. The molecule has 0 heterocycles. The van der Waals surface area contributed by atoms with Crippen molar-refractivity contribution in [1.82, 2.24) is 0 Å². The van der Waals surface area contributed by atoms with E-state index in [4.69, 9.17) is 5.73 Å². The predicted octanol–water partition coefficient (Wildman–Crippen LogP) is 4.80. The predicted molar refractivity (Wildman–Crippen MR) is 101 cm³/mol. The molecule has 130 valence electrons. The number of rotatable bonds is 6. The molecule has 0 amide bonds. The summed E-state index contributed by atoms with van der Waals surface area (Å²) in [6.07, 6.45) is 5.38. The molecular weight excluding hydrogens is 310 g/mol. The van der Waals surface area contributed by atoms with Crippen molar-refractivity contribution in [3.63, 3.8) is 0 Å². The first-order chi connectivity index (χ1) is 12.1. The van der Waals surface area contributed by atoms with Gasteiger partial charge in [0, 0.05) is 22.4 Å². The third kappa shape index (κ3) is 3.11. The van der Waals surface area contributed by atoms with Gasteiger partial charge in [0.1, 0.15) is 0 Å². The fraction of sp³-hybridized carbons (Fsp3) is 0.364. The average molecular weight is 335 g/mol. The monoisotopic (exact) mass is 335 g/mol. The van der Waals surface area contributed by atoms with Crippen molar-refractivity contribution in [2.75, 3.05) is 5.73 Å². The summed E-state index contributed by atoms with van der Waals surface area (Å²) in [5, 5.41) is 0. The maximum atomic E-state index is 13.1. The van der Waals surface area contributed by atoms with Crippen molar-refractivity contribution in [1.29, 1.82) is 0 Å². The number of nitrogen functional groups attached to an aromatic ring is 1. The summed E-state index contributed by atoms with van der Waals surface area (Å²) in [6, 6.07) is 10.7. The van der Waals surface area contributed by atoms with E-state index in [1.165, 1.54) is 12.8 Å². The van der Waals surface area contributed by atoms with Gasteiger partial charge in [-0.05, 0) is 24.0 Å².